The van der Waals surface area contributed by atoms with Crippen molar-refractivity contribution in [2.75, 3.05) is 13.8 Å². The van der Waals surface area contributed by atoms with Crippen molar-refractivity contribution in [2.24, 2.45) is 0 Å². The van der Waals surface area contributed by atoms with Crippen LogP contribution < -0.4 is 0 Å². The summed E-state index contributed by atoms with van der Waals surface area (Å²) in [5.74, 6) is 0. The van der Waals surface area contributed by atoms with E-state index in [9.17, 15) is 19.7 Å². The molecule has 13 heavy (non-hydrogen) atoms. The molecule has 1 aliphatic heterocycles. The van der Waals surface area contributed by atoms with Gasteiger partial charge in [0.15, 0.2) is 6.29 Å². The van der Waals surface area contributed by atoms with Gasteiger partial charge in [-0.05, 0) is 0 Å². The highest BCUT2D eigenvalue weighted by atomic mass is 19.1. The Labute approximate surface area is 74.7 Å². The Morgan fingerprint density at radius 2 is 1.85 bits per heavy atom. The zero-order chi connectivity index (χ0) is 10.0. The van der Waals surface area contributed by atoms with Crippen LogP contribution in [0.3, 0.4) is 0 Å². The monoisotopic (exact) mass is 196 g/mol. The quantitative estimate of drug-likeness (QED) is 0.496. The summed E-state index contributed by atoms with van der Waals surface area (Å²) in [6.07, 6.45) is -6.48. The summed E-state index contributed by atoms with van der Waals surface area (Å²) >= 11 is 0. The molecule has 0 spiro atoms. The smallest absolute Gasteiger partial charge is 0.186 e. The minimum absolute atomic E-state index is 0.940. The van der Waals surface area contributed by atoms with Crippen LogP contribution in [-0.4, -0.2) is 59.8 Å². The average molecular weight is 196 g/mol. The number of hydrogen-bond donors (Lipinski definition) is 3. The fourth-order valence-corrected chi connectivity index (χ4v) is 1.24. The summed E-state index contributed by atoms with van der Waals surface area (Å²) in [6, 6.07) is 0. The zero-order valence-electron chi connectivity index (χ0n) is 7.13. The molecule has 5 atom stereocenters. The number of aliphatic hydroxyl groups excluding tert-OH is 3. The molecule has 1 saturated heterocycles. The highest BCUT2D eigenvalue weighted by Crippen LogP contribution is 2.21. The summed E-state index contributed by atoms with van der Waals surface area (Å²) < 4.78 is 21.7. The Morgan fingerprint density at radius 3 is 2.31 bits per heavy atom. The van der Waals surface area contributed by atoms with Crippen LogP contribution in [0.5, 0.6) is 0 Å². The first-order chi connectivity index (χ1) is 6.11. The van der Waals surface area contributed by atoms with Crippen LogP contribution in [-0.2, 0) is 9.47 Å². The van der Waals surface area contributed by atoms with Gasteiger partial charge in [0.25, 0.3) is 0 Å². The molecule has 0 radical (unpaired) electrons. The van der Waals surface area contributed by atoms with E-state index in [1.165, 1.54) is 7.11 Å². The van der Waals surface area contributed by atoms with Gasteiger partial charge in [-0.25, -0.2) is 4.39 Å². The summed E-state index contributed by atoms with van der Waals surface area (Å²) in [4.78, 5) is 0. The number of methoxy groups -OCH3 is 1. The third-order valence-corrected chi connectivity index (χ3v) is 2.05. The first kappa shape index (κ1) is 10.8. The predicted octanol–water partition coefficient (Wildman–Crippen LogP) is -1.59. The maximum absolute atomic E-state index is 12.2. The number of ether oxygens (including phenoxy) is 2. The molecular weight excluding hydrogens is 183 g/mol. The van der Waals surface area contributed by atoms with Gasteiger partial charge in [-0.2, -0.15) is 0 Å². The lowest BCUT2D eigenvalue weighted by atomic mass is 10.00. The van der Waals surface area contributed by atoms with Crippen LogP contribution >= 0.6 is 0 Å². The molecule has 0 aromatic carbocycles. The van der Waals surface area contributed by atoms with Crippen molar-refractivity contribution in [1.82, 2.24) is 0 Å². The van der Waals surface area contributed by atoms with Crippen molar-refractivity contribution in [3.8, 4) is 0 Å². The standard InChI is InChI=1S/C7H13FO5/c1-12-7-6(11)5(10)4(9)3(2-8)13-7/h3-7,9-11H,2H2,1H3/t3-,4+,5+,6-,7-/m1/s1. The van der Waals surface area contributed by atoms with Gasteiger partial charge in [0.1, 0.15) is 31.1 Å². The fraction of sp³-hybridized carbons (Fsp3) is 1.00. The Balaban J connectivity index is 2.66. The Bertz CT molecular complexity index is 147. The molecule has 0 aromatic rings. The second-order valence-corrected chi connectivity index (χ2v) is 2.90. The zero-order valence-corrected chi connectivity index (χ0v) is 7.13. The molecule has 1 aliphatic rings. The lowest BCUT2D eigenvalue weighted by Gasteiger charge is -2.38. The van der Waals surface area contributed by atoms with Gasteiger partial charge in [0.2, 0.25) is 0 Å². The van der Waals surface area contributed by atoms with Crippen LogP contribution in [0.1, 0.15) is 0 Å². The third-order valence-electron chi connectivity index (χ3n) is 2.05. The summed E-state index contributed by atoms with van der Waals surface area (Å²) in [7, 11) is 1.26. The predicted molar refractivity (Wildman–Crippen MR) is 39.7 cm³/mol. The van der Waals surface area contributed by atoms with Crippen LogP contribution in [0.2, 0.25) is 0 Å². The summed E-state index contributed by atoms with van der Waals surface area (Å²) in [5, 5.41) is 27.7. The molecule has 5 nitrogen and oxygen atoms in total. The normalized spacial score (nSPS) is 46.4. The number of aliphatic hydroxyl groups is 3. The van der Waals surface area contributed by atoms with Gasteiger partial charge in [-0.15, -0.1) is 0 Å². The Kier molecular flexibility index (Phi) is 3.57. The minimum Gasteiger partial charge on any atom is -0.387 e. The lowest BCUT2D eigenvalue weighted by Crippen LogP contribution is -2.58. The van der Waals surface area contributed by atoms with Crippen molar-refractivity contribution >= 4 is 0 Å². The van der Waals surface area contributed by atoms with E-state index in [0.29, 0.717) is 0 Å². The SMILES string of the molecule is CO[C@@H]1O[C@H](CF)[C@H](O)[C@H](O)[C@H]1O. The van der Waals surface area contributed by atoms with Gasteiger partial charge < -0.3 is 24.8 Å². The second kappa shape index (κ2) is 4.30. The highest BCUT2D eigenvalue weighted by Gasteiger charge is 2.43. The van der Waals surface area contributed by atoms with E-state index in [1.807, 2.05) is 0 Å². The van der Waals surface area contributed by atoms with Crippen molar-refractivity contribution in [2.45, 2.75) is 30.7 Å². The van der Waals surface area contributed by atoms with E-state index >= 15 is 0 Å². The van der Waals surface area contributed by atoms with Gasteiger partial charge in [0.05, 0.1) is 0 Å². The molecular formula is C7H13FO5. The maximum Gasteiger partial charge on any atom is 0.186 e. The summed E-state index contributed by atoms with van der Waals surface area (Å²) in [5.41, 5.74) is 0. The highest BCUT2D eigenvalue weighted by molar-refractivity contribution is 4.88. The molecule has 0 saturated carbocycles. The first-order valence-corrected chi connectivity index (χ1v) is 3.90. The van der Waals surface area contributed by atoms with Crippen molar-refractivity contribution in [3.63, 3.8) is 0 Å². The van der Waals surface area contributed by atoms with Crippen LogP contribution in [0.15, 0.2) is 0 Å². The van der Waals surface area contributed by atoms with Gasteiger partial charge >= 0.3 is 0 Å². The second-order valence-electron chi connectivity index (χ2n) is 2.90. The number of alkyl halides is 1. The van der Waals surface area contributed by atoms with Gasteiger partial charge in [-0.1, -0.05) is 0 Å². The van der Waals surface area contributed by atoms with Gasteiger partial charge in [0, 0.05) is 7.11 Å². The van der Waals surface area contributed by atoms with Gasteiger partial charge in [-0.3, -0.25) is 0 Å². The lowest BCUT2D eigenvalue weighted by molar-refractivity contribution is -0.291. The molecule has 0 unspecified atom stereocenters. The topological polar surface area (TPSA) is 79.2 Å². The van der Waals surface area contributed by atoms with Crippen LogP contribution in [0.4, 0.5) is 4.39 Å². The molecule has 3 N–H and O–H groups in total. The largest absolute Gasteiger partial charge is 0.387 e. The van der Waals surface area contributed by atoms with E-state index in [2.05, 4.69) is 4.74 Å². The van der Waals surface area contributed by atoms with Crippen molar-refractivity contribution < 1.29 is 29.2 Å². The molecule has 6 heteroatoms. The molecule has 1 heterocycles. The van der Waals surface area contributed by atoms with Crippen molar-refractivity contribution in [3.05, 3.63) is 0 Å². The molecule has 0 bridgehead atoms. The molecule has 78 valence electrons. The van der Waals surface area contributed by atoms with Crippen molar-refractivity contribution in [1.29, 1.82) is 0 Å². The average Bonchev–Trinajstić information content (AvgIpc) is 2.15. The van der Waals surface area contributed by atoms with E-state index in [0.717, 1.165) is 0 Å². The molecule has 1 fully saturated rings. The minimum atomic E-state index is -1.44. The number of halogens is 1. The Morgan fingerprint density at radius 1 is 1.23 bits per heavy atom. The van der Waals surface area contributed by atoms with E-state index in [4.69, 9.17) is 4.74 Å². The summed E-state index contributed by atoms with van der Waals surface area (Å²) in [6.45, 7) is -0.940. The first-order valence-electron chi connectivity index (χ1n) is 3.90. The van der Waals surface area contributed by atoms with E-state index in [-0.39, 0.29) is 0 Å². The Hall–Kier alpha value is -0.270. The maximum atomic E-state index is 12.2. The molecule has 0 aliphatic carbocycles. The fourth-order valence-electron chi connectivity index (χ4n) is 1.24. The molecule has 0 aromatic heterocycles. The molecule has 0 amide bonds. The third kappa shape index (κ3) is 1.97. The van der Waals surface area contributed by atoms with E-state index < -0.39 is 37.4 Å². The number of hydrogen-bond acceptors (Lipinski definition) is 5. The number of rotatable bonds is 2. The van der Waals surface area contributed by atoms with E-state index in [1.54, 1.807) is 0 Å². The molecule has 1 rings (SSSR count). The van der Waals surface area contributed by atoms with Crippen LogP contribution in [0, 0.1) is 0 Å². The van der Waals surface area contributed by atoms with Crippen LogP contribution in [0.25, 0.3) is 0 Å².